The van der Waals surface area contributed by atoms with Gasteiger partial charge in [0.05, 0.1) is 5.25 Å². The molecule has 5 heteroatoms. The van der Waals surface area contributed by atoms with Gasteiger partial charge in [0.1, 0.15) is 0 Å². The molecular formula is C15H19N3OS. The maximum atomic E-state index is 12.2. The van der Waals surface area contributed by atoms with Gasteiger partial charge >= 0.3 is 0 Å². The van der Waals surface area contributed by atoms with Crippen molar-refractivity contribution in [2.45, 2.75) is 37.7 Å². The number of carbonyl (C=O) groups excluding carboxylic acids is 1. The highest BCUT2D eigenvalue weighted by Crippen LogP contribution is 2.22. The Morgan fingerprint density at radius 1 is 1.50 bits per heavy atom. The van der Waals surface area contributed by atoms with E-state index < -0.39 is 0 Å². The zero-order valence-corrected chi connectivity index (χ0v) is 12.8. The van der Waals surface area contributed by atoms with Crippen LogP contribution in [0.3, 0.4) is 0 Å². The molecule has 0 radical (unpaired) electrons. The second-order valence-electron chi connectivity index (χ2n) is 4.61. The molecule has 0 aliphatic carbocycles. The SMILES string of the molecule is CCn1ccnc1SC(C)C(=O)Nc1cccc(C)c1. The van der Waals surface area contributed by atoms with Gasteiger partial charge in [-0.25, -0.2) is 4.98 Å². The van der Waals surface area contributed by atoms with Crippen molar-refractivity contribution in [2.24, 2.45) is 0 Å². The Labute approximate surface area is 123 Å². The van der Waals surface area contributed by atoms with E-state index in [1.165, 1.54) is 11.8 Å². The van der Waals surface area contributed by atoms with E-state index in [-0.39, 0.29) is 11.2 Å². The molecule has 0 fully saturated rings. The van der Waals surface area contributed by atoms with Crippen LogP contribution in [0.4, 0.5) is 5.69 Å². The average molecular weight is 289 g/mol. The Morgan fingerprint density at radius 3 is 3.00 bits per heavy atom. The maximum absolute atomic E-state index is 12.2. The molecule has 0 aliphatic heterocycles. The third kappa shape index (κ3) is 3.63. The molecule has 0 spiro atoms. The number of nitrogens with zero attached hydrogens (tertiary/aromatic N) is 2. The number of thioether (sulfide) groups is 1. The van der Waals surface area contributed by atoms with Gasteiger partial charge in [0.15, 0.2) is 5.16 Å². The van der Waals surface area contributed by atoms with Gasteiger partial charge in [-0.1, -0.05) is 23.9 Å². The third-order valence-electron chi connectivity index (χ3n) is 2.95. The summed E-state index contributed by atoms with van der Waals surface area (Å²) in [4.78, 5) is 16.5. The lowest BCUT2D eigenvalue weighted by Crippen LogP contribution is -2.22. The summed E-state index contributed by atoms with van der Waals surface area (Å²) < 4.78 is 2.03. The van der Waals surface area contributed by atoms with Crippen LogP contribution in [0.5, 0.6) is 0 Å². The minimum absolute atomic E-state index is 0.00810. The van der Waals surface area contributed by atoms with Crippen LogP contribution in [0.1, 0.15) is 19.4 Å². The number of amides is 1. The summed E-state index contributed by atoms with van der Waals surface area (Å²) in [6.45, 7) is 6.81. The molecule has 0 saturated carbocycles. The van der Waals surface area contributed by atoms with Gasteiger partial charge in [0, 0.05) is 24.6 Å². The first kappa shape index (κ1) is 14.7. The normalized spacial score (nSPS) is 12.2. The van der Waals surface area contributed by atoms with Gasteiger partial charge in [0.2, 0.25) is 5.91 Å². The molecule has 0 saturated heterocycles. The summed E-state index contributed by atoms with van der Waals surface area (Å²) >= 11 is 1.47. The molecule has 1 heterocycles. The lowest BCUT2D eigenvalue weighted by Gasteiger charge is -2.12. The Bertz CT molecular complexity index is 594. The van der Waals surface area contributed by atoms with E-state index >= 15 is 0 Å². The van der Waals surface area contributed by atoms with Crippen molar-refractivity contribution < 1.29 is 4.79 Å². The molecule has 1 aromatic heterocycles. The van der Waals surface area contributed by atoms with Crippen LogP contribution in [0, 0.1) is 6.92 Å². The first-order valence-electron chi connectivity index (χ1n) is 6.65. The Hall–Kier alpha value is -1.75. The minimum atomic E-state index is -0.191. The summed E-state index contributed by atoms with van der Waals surface area (Å²) in [5, 5.41) is 3.62. The van der Waals surface area contributed by atoms with Crippen LogP contribution in [-0.4, -0.2) is 20.7 Å². The molecule has 2 rings (SSSR count). The fourth-order valence-electron chi connectivity index (χ4n) is 1.83. The van der Waals surface area contributed by atoms with Crippen LogP contribution < -0.4 is 5.32 Å². The molecule has 1 aromatic carbocycles. The van der Waals surface area contributed by atoms with E-state index in [0.29, 0.717) is 0 Å². The molecule has 1 N–H and O–H groups in total. The summed E-state index contributed by atoms with van der Waals surface area (Å²) in [6, 6.07) is 7.80. The number of hydrogen-bond donors (Lipinski definition) is 1. The summed E-state index contributed by atoms with van der Waals surface area (Å²) in [5.41, 5.74) is 1.96. The molecule has 4 nitrogen and oxygen atoms in total. The second kappa shape index (κ2) is 6.61. The molecule has 106 valence electrons. The molecule has 0 aliphatic rings. The summed E-state index contributed by atoms with van der Waals surface area (Å²) in [6.07, 6.45) is 3.69. The molecule has 1 atom stereocenters. The zero-order chi connectivity index (χ0) is 14.5. The lowest BCUT2D eigenvalue weighted by molar-refractivity contribution is -0.115. The molecule has 0 bridgehead atoms. The van der Waals surface area contributed by atoms with Gasteiger partial charge in [-0.15, -0.1) is 0 Å². The van der Waals surface area contributed by atoms with Crippen LogP contribution >= 0.6 is 11.8 Å². The van der Waals surface area contributed by atoms with Gasteiger partial charge in [-0.3, -0.25) is 4.79 Å². The number of carbonyl (C=O) groups is 1. The topological polar surface area (TPSA) is 46.9 Å². The van der Waals surface area contributed by atoms with E-state index in [4.69, 9.17) is 0 Å². The highest BCUT2D eigenvalue weighted by molar-refractivity contribution is 8.00. The van der Waals surface area contributed by atoms with Crippen molar-refractivity contribution in [1.82, 2.24) is 9.55 Å². The number of anilines is 1. The number of imidazole rings is 1. The average Bonchev–Trinajstić information content (AvgIpc) is 2.85. The minimum Gasteiger partial charge on any atom is -0.326 e. The van der Waals surface area contributed by atoms with Gasteiger partial charge < -0.3 is 9.88 Å². The number of nitrogens with one attached hydrogen (secondary N) is 1. The number of hydrogen-bond acceptors (Lipinski definition) is 3. The smallest absolute Gasteiger partial charge is 0.237 e. The Kier molecular flexibility index (Phi) is 4.84. The zero-order valence-electron chi connectivity index (χ0n) is 12.0. The van der Waals surface area contributed by atoms with Crippen molar-refractivity contribution >= 4 is 23.4 Å². The quantitative estimate of drug-likeness (QED) is 0.859. The number of aromatic nitrogens is 2. The fraction of sp³-hybridized carbons (Fsp3) is 0.333. The molecule has 1 unspecified atom stereocenters. The first-order valence-corrected chi connectivity index (χ1v) is 7.53. The number of aryl methyl sites for hydroxylation is 2. The van der Waals surface area contributed by atoms with Crippen molar-refractivity contribution in [2.75, 3.05) is 5.32 Å². The predicted octanol–water partition coefficient (Wildman–Crippen LogP) is 3.33. The maximum Gasteiger partial charge on any atom is 0.237 e. The van der Waals surface area contributed by atoms with Crippen molar-refractivity contribution in [3.8, 4) is 0 Å². The van der Waals surface area contributed by atoms with Gasteiger partial charge in [-0.05, 0) is 38.5 Å². The van der Waals surface area contributed by atoms with E-state index in [1.54, 1.807) is 6.20 Å². The molecule has 2 aromatic rings. The van der Waals surface area contributed by atoms with E-state index in [1.807, 2.05) is 48.9 Å². The first-order chi connectivity index (χ1) is 9.60. The van der Waals surface area contributed by atoms with Gasteiger partial charge in [0.25, 0.3) is 0 Å². The van der Waals surface area contributed by atoms with E-state index in [2.05, 4.69) is 17.2 Å². The predicted molar refractivity (Wildman–Crippen MR) is 83.0 cm³/mol. The van der Waals surface area contributed by atoms with Gasteiger partial charge in [-0.2, -0.15) is 0 Å². The monoisotopic (exact) mass is 289 g/mol. The number of benzene rings is 1. The van der Waals surface area contributed by atoms with Crippen LogP contribution in [0.15, 0.2) is 41.8 Å². The third-order valence-corrected chi connectivity index (χ3v) is 4.07. The highest BCUT2D eigenvalue weighted by atomic mass is 32.2. The fourth-order valence-corrected chi connectivity index (χ4v) is 2.76. The van der Waals surface area contributed by atoms with E-state index in [0.717, 1.165) is 23.0 Å². The Morgan fingerprint density at radius 2 is 2.30 bits per heavy atom. The largest absolute Gasteiger partial charge is 0.326 e. The van der Waals surface area contributed by atoms with Crippen molar-refractivity contribution in [1.29, 1.82) is 0 Å². The molecule has 20 heavy (non-hydrogen) atoms. The highest BCUT2D eigenvalue weighted by Gasteiger charge is 2.17. The summed E-state index contributed by atoms with van der Waals surface area (Å²) in [5.74, 6) is -0.00810. The molecular weight excluding hydrogens is 270 g/mol. The second-order valence-corrected chi connectivity index (χ2v) is 5.92. The Balaban J connectivity index is 1.99. The molecule has 1 amide bonds. The van der Waals surface area contributed by atoms with Crippen molar-refractivity contribution in [3.05, 3.63) is 42.2 Å². The lowest BCUT2D eigenvalue weighted by atomic mass is 10.2. The van der Waals surface area contributed by atoms with E-state index in [9.17, 15) is 4.79 Å². The summed E-state index contributed by atoms with van der Waals surface area (Å²) in [7, 11) is 0. The van der Waals surface area contributed by atoms with Crippen molar-refractivity contribution in [3.63, 3.8) is 0 Å². The number of rotatable bonds is 5. The van der Waals surface area contributed by atoms with Crippen LogP contribution in [0.25, 0.3) is 0 Å². The standard InChI is InChI=1S/C15H19N3OS/c1-4-18-9-8-16-15(18)20-12(3)14(19)17-13-7-5-6-11(2)10-13/h5-10,12H,4H2,1-3H3,(H,17,19). The van der Waals surface area contributed by atoms with Crippen LogP contribution in [0.2, 0.25) is 0 Å². The van der Waals surface area contributed by atoms with Crippen LogP contribution in [-0.2, 0) is 11.3 Å².